The average Bonchev–Trinajstić information content (AvgIpc) is 2.96. The van der Waals surface area contributed by atoms with E-state index in [0.717, 1.165) is 31.6 Å². The lowest BCUT2D eigenvalue weighted by molar-refractivity contribution is 0.101. The first-order valence-corrected chi connectivity index (χ1v) is 6.58. The Kier molecular flexibility index (Phi) is 4.65. The molecule has 16 heavy (non-hydrogen) atoms. The van der Waals surface area contributed by atoms with Crippen molar-refractivity contribution in [2.24, 2.45) is 5.84 Å². The van der Waals surface area contributed by atoms with Gasteiger partial charge in [0, 0.05) is 12.0 Å². The van der Waals surface area contributed by atoms with E-state index in [0.29, 0.717) is 6.10 Å². The molecule has 0 aliphatic carbocycles. The molecule has 0 saturated carbocycles. The van der Waals surface area contributed by atoms with Crippen LogP contribution in [0.5, 0.6) is 0 Å². The van der Waals surface area contributed by atoms with Crippen LogP contribution in [0.1, 0.15) is 43.8 Å². The minimum Gasteiger partial charge on any atom is -0.378 e. The maximum absolute atomic E-state index is 5.58. The molecule has 0 bridgehead atoms. The molecule has 6 heteroatoms. The highest BCUT2D eigenvalue weighted by atomic mass is 32.1. The van der Waals surface area contributed by atoms with Gasteiger partial charge in [0.15, 0.2) is 0 Å². The van der Waals surface area contributed by atoms with Crippen molar-refractivity contribution in [3.63, 3.8) is 0 Å². The maximum Gasteiger partial charge on any atom is 0.0938 e. The average molecular weight is 242 g/mol. The SMILES string of the molecule is NNC(CCCC1CCCO1)c1csnn1. The van der Waals surface area contributed by atoms with Crippen molar-refractivity contribution in [2.45, 2.75) is 44.2 Å². The van der Waals surface area contributed by atoms with Crippen LogP contribution in [-0.2, 0) is 4.74 Å². The molecular formula is C10H18N4OS. The number of nitrogens with two attached hydrogens (primary N) is 1. The lowest BCUT2D eigenvalue weighted by Crippen LogP contribution is -2.28. The summed E-state index contributed by atoms with van der Waals surface area (Å²) in [6.45, 7) is 0.930. The van der Waals surface area contributed by atoms with Crippen molar-refractivity contribution in [3.05, 3.63) is 11.1 Å². The molecular weight excluding hydrogens is 224 g/mol. The summed E-state index contributed by atoms with van der Waals surface area (Å²) in [7, 11) is 0. The minimum atomic E-state index is 0.125. The van der Waals surface area contributed by atoms with Gasteiger partial charge in [-0.3, -0.25) is 11.3 Å². The lowest BCUT2D eigenvalue weighted by Gasteiger charge is -2.14. The lowest BCUT2D eigenvalue weighted by atomic mass is 10.0. The van der Waals surface area contributed by atoms with Crippen molar-refractivity contribution in [1.82, 2.24) is 15.0 Å². The van der Waals surface area contributed by atoms with E-state index in [1.165, 1.54) is 24.4 Å². The number of ether oxygens (including phenoxy) is 1. The molecule has 1 aliphatic heterocycles. The van der Waals surface area contributed by atoms with Gasteiger partial charge in [-0.1, -0.05) is 4.49 Å². The number of hydrogen-bond donors (Lipinski definition) is 2. The van der Waals surface area contributed by atoms with Crippen molar-refractivity contribution >= 4 is 11.5 Å². The Morgan fingerprint density at radius 3 is 3.25 bits per heavy atom. The zero-order chi connectivity index (χ0) is 11.2. The Morgan fingerprint density at radius 2 is 2.62 bits per heavy atom. The molecule has 0 amide bonds. The second kappa shape index (κ2) is 6.24. The summed E-state index contributed by atoms with van der Waals surface area (Å²) >= 11 is 1.36. The van der Waals surface area contributed by atoms with Crippen molar-refractivity contribution in [3.8, 4) is 0 Å². The zero-order valence-electron chi connectivity index (χ0n) is 9.26. The predicted octanol–water partition coefficient (Wildman–Crippen LogP) is 1.39. The maximum atomic E-state index is 5.58. The van der Waals surface area contributed by atoms with Gasteiger partial charge in [0.2, 0.25) is 0 Å². The van der Waals surface area contributed by atoms with E-state index in [-0.39, 0.29) is 6.04 Å². The van der Waals surface area contributed by atoms with E-state index in [9.17, 15) is 0 Å². The van der Waals surface area contributed by atoms with Gasteiger partial charge in [-0.2, -0.15) is 0 Å². The smallest absolute Gasteiger partial charge is 0.0938 e. The van der Waals surface area contributed by atoms with Crippen molar-refractivity contribution < 1.29 is 4.74 Å². The monoisotopic (exact) mass is 242 g/mol. The largest absolute Gasteiger partial charge is 0.378 e. The summed E-state index contributed by atoms with van der Waals surface area (Å²) in [6, 6.07) is 0.125. The number of aromatic nitrogens is 2. The van der Waals surface area contributed by atoms with Crippen LogP contribution in [0.4, 0.5) is 0 Å². The highest BCUT2D eigenvalue weighted by Gasteiger charge is 2.17. The van der Waals surface area contributed by atoms with E-state index < -0.39 is 0 Å². The van der Waals surface area contributed by atoms with Gasteiger partial charge in [0.05, 0.1) is 17.8 Å². The summed E-state index contributed by atoms with van der Waals surface area (Å²) in [5.41, 5.74) is 3.74. The van der Waals surface area contributed by atoms with Crippen LogP contribution >= 0.6 is 11.5 Å². The Bertz CT molecular complexity index is 287. The van der Waals surface area contributed by atoms with E-state index in [2.05, 4.69) is 15.0 Å². The van der Waals surface area contributed by atoms with Crippen LogP contribution in [0.3, 0.4) is 0 Å². The standard InChI is InChI=1S/C10H18N4OS/c11-12-9(10-7-16-14-13-10)5-1-3-8-4-2-6-15-8/h7-9,12H,1-6,11H2. The Morgan fingerprint density at radius 1 is 1.69 bits per heavy atom. The van der Waals surface area contributed by atoms with Crippen LogP contribution in [0.25, 0.3) is 0 Å². The van der Waals surface area contributed by atoms with Gasteiger partial charge >= 0.3 is 0 Å². The number of hydrogen-bond acceptors (Lipinski definition) is 6. The molecule has 5 nitrogen and oxygen atoms in total. The minimum absolute atomic E-state index is 0.125. The molecule has 1 aromatic heterocycles. The Hall–Kier alpha value is -0.560. The van der Waals surface area contributed by atoms with Gasteiger partial charge in [-0.15, -0.1) is 5.10 Å². The highest BCUT2D eigenvalue weighted by Crippen LogP contribution is 2.22. The van der Waals surface area contributed by atoms with E-state index in [1.54, 1.807) is 0 Å². The number of nitrogens with zero attached hydrogens (tertiary/aromatic N) is 2. The third-order valence-corrected chi connectivity index (χ3v) is 3.50. The Labute approximate surface area is 99.5 Å². The molecule has 0 aromatic carbocycles. The molecule has 2 heterocycles. The van der Waals surface area contributed by atoms with Crippen LogP contribution in [0.2, 0.25) is 0 Å². The first-order chi connectivity index (χ1) is 7.90. The molecule has 2 atom stereocenters. The normalized spacial score (nSPS) is 22.4. The summed E-state index contributed by atoms with van der Waals surface area (Å²) in [6.07, 6.45) is 6.10. The molecule has 0 spiro atoms. The summed E-state index contributed by atoms with van der Waals surface area (Å²) in [5.74, 6) is 5.51. The van der Waals surface area contributed by atoms with Crippen molar-refractivity contribution in [1.29, 1.82) is 0 Å². The number of nitrogens with one attached hydrogen (secondary N) is 1. The topological polar surface area (TPSA) is 73.1 Å². The van der Waals surface area contributed by atoms with Gasteiger partial charge in [-0.25, -0.2) is 0 Å². The fourth-order valence-electron chi connectivity index (χ4n) is 2.06. The van der Waals surface area contributed by atoms with Crippen LogP contribution in [0, 0.1) is 0 Å². The fourth-order valence-corrected chi connectivity index (χ4v) is 2.57. The molecule has 1 aromatic rings. The van der Waals surface area contributed by atoms with E-state index in [1.807, 2.05) is 5.38 Å². The van der Waals surface area contributed by atoms with Crippen LogP contribution in [0.15, 0.2) is 5.38 Å². The fraction of sp³-hybridized carbons (Fsp3) is 0.800. The van der Waals surface area contributed by atoms with E-state index >= 15 is 0 Å². The van der Waals surface area contributed by atoms with Gasteiger partial charge in [0.25, 0.3) is 0 Å². The molecule has 1 aliphatic rings. The first kappa shape index (κ1) is 11.9. The second-order valence-corrected chi connectivity index (χ2v) is 4.72. The van der Waals surface area contributed by atoms with Crippen molar-refractivity contribution in [2.75, 3.05) is 6.61 Å². The molecule has 2 unspecified atom stereocenters. The number of hydrazine groups is 1. The van der Waals surface area contributed by atoms with Gasteiger partial charge < -0.3 is 4.74 Å². The Balaban J connectivity index is 1.71. The van der Waals surface area contributed by atoms with Crippen LogP contribution < -0.4 is 11.3 Å². The van der Waals surface area contributed by atoms with Crippen LogP contribution in [-0.4, -0.2) is 22.3 Å². The third kappa shape index (κ3) is 3.21. The predicted molar refractivity (Wildman–Crippen MR) is 62.8 cm³/mol. The highest BCUT2D eigenvalue weighted by molar-refractivity contribution is 7.03. The quantitative estimate of drug-likeness (QED) is 0.582. The zero-order valence-corrected chi connectivity index (χ0v) is 10.1. The molecule has 90 valence electrons. The van der Waals surface area contributed by atoms with Gasteiger partial charge in [0.1, 0.15) is 0 Å². The first-order valence-electron chi connectivity index (χ1n) is 5.75. The summed E-state index contributed by atoms with van der Waals surface area (Å²) in [5, 5.41) is 5.97. The molecule has 1 saturated heterocycles. The second-order valence-electron chi connectivity index (χ2n) is 4.11. The molecule has 3 N–H and O–H groups in total. The van der Waals surface area contributed by atoms with Gasteiger partial charge in [-0.05, 0) is 43.6 Å². The third-order valence-electron chi connectivity index (χ3n) is 2.98. The molecule has 1 fully saturated rings. The molecule has 0 radical (unpaired) electrons. The summed E-state index contributed by atoms with van der Waals surface area (Å²) < 4.78 is 9.43. The summed E-state index contributed by atoms with van der Waals surface area (Å²) in [4.78, 5) is 0. The molecule has 2 rings (SSSR count). The number of rotatable bonds is 6. The van der Waals surface area contributed by atoms with E-state index in [4.69, 9.17) is 10.6 Å².